The van der Waals surface area contributed by atoms with Crippen LogP contribution in [0.1, 0.15) is 18.3 Å². The van der Waals surface area contributed by atoms with Gasteiger partial charge in [0.2, 0.25) is 0 Å². The molecule has 1 aromatic heterocycles. The summed E-state index contributed by atoms with van der Waals surface area (Å²) in [5, 5.41) is 8.08. The smallest absolute Gasteiger partial charge is 0.0932 e. The first-order chi connectivity index (χ1) is 9.19. The molecule has 1 aromatic rings. The quantitative estimate of drug-likeness (QED) is 0.872. The van der Waals surface area contributed by atoms with Crippen LogP contribution in [0.2, 0.25) is 0 Å². The Labute approximate surface area is 116 Å². The summed E-state index contributed by atoms with van der Waals surface area (Å²) in [6.45, 7) is 15.1. The summed E-state index contributed by atoms with van der Waals surface area (Å²) in [4.78, 5) is 4.99. The van der Waals surface area contributed by atoms with E-state index in [2.05, 4.69) is 51.7 Å². The highest BCUT2D eigenvalue weighted by atomic mass is 15.4. The Morgan fingerprint density at radius 2 is 1.79 bits per heavy atom. The van der Waals surface area contributed by atoms with Crippen LogP contribution in [0.25, 0.3) is 0 Å². The third-order valence-electron chi connectivity index (χ3n) is 3.83. The number of hydrogen-bond donors (Lipinski definition) is 1. The lowest BCUT2D eigenvalue weighted by Gasteiger charge is -2.25. The van der Waals surface area contributed by atoms with Crippen molar-refractivity contribution in [3.05, 3.63) is 17.5 Å². The summed E-state index contributed by atoms with van der Waals surface area (Å²) in [5.74, 6) is 0. The standard InChI is InChI=1S/C14H27N5/c1-4-17-7-5-15-6-8-18(10-9-17)12-19-14(3)11-13(2)16-19/h11,15H,4-10,12H2,1-3H3. The van der Waals surface area contributed by atoms with E-state index in [0.717, 1.165) is 58.2 Å². The van der Waals surface area contributed by atoms with Gasteiger partial charge in [0.15, 0.2) is 0 Å². The van der Waals surface area contributed by atoms with Crippen LogP contribution in [-0.2, 0) is 6.67 Å². The zero-order valence-electron chi connectivity index (χ0n) is 12.5. The molecule has 1 aliphatic rings. The van der Waals surface area contributed by atoms with Gasteiger partial charge in [0.25, 0.3) is 0 Å². The molecule has 5 nitrogen and oxygen atoms in total. The van der Waals surface area contributed by atoms with Gasteiger partial charge in [-0.05, 0) is 26.5 Å². The first-order valence-electron chi connectivity index (χ1n) is 7.35. The second kappa shape index (κ2) is 7.03. The van der Waals surface area contributed by atoms with E-state index in [-0.39, 0.29) is 0 Å². The van der Waals surface area contributed by atoms with Crippen molar-refractivity contribution in [2.24, 2.45) is 0 Å². The molecule has 1 N–H and O–H groups in total. The monoisotopic (exact) mass is 265 g/mol. The van der Waals surface area contributed by atoms with E-state index in [4.69, 9.17) is 0 Å². The predicted molar refractivity (Wildman–Crippen MR) is 78.3 cm³/mol. The molecule has 0 radical (unpaired) electrons. The van der Waals surface area contributed by atoms with Gasteiger partial charge in [0, 0.05) is 45.0 Å². The molecule has 0 aromatic carbocycles. The molecule has 0 atom stereocenters. The molecule has 5 heteroatoms. The van der Waals surface area contributed by atoms with Crippen LogP contribution in [0.4, 0.5) is 0 Å². The van der Waals surface area contributed by atoms with Crippen LogP contribution in [0.15, 0.2) is 6.07 Å². The molecule has 0 bridgehead atoms. The second-order valence-corrected chi connectivity index (χ2v) is 5.37. The molecule has 108 valence electrons. The van der Waals surface area contributed by atoms with Crippen LogP contribution in [0.5, 0.6) is 0 Å². The van der Waals surface area contributed by atoms with Gasteiger partial charge in [-0.1, -0.05) is 6.92 Å². The fraction of sp³-hybridized carbons (Fsp3) is 0.786. The molecule has 2 rings (SSSR count). The zero-order valence-corrected chi connectivity index (χ0v) is 12.5. The number of aryl methyl sites for hydroxylation is 2. The Bertz CT molecular complexity index is 387. The molecule has 0 amide bonds. The van der Waals surface area contributed by atoms with Crippen molar-refractivity contribution in [3.8, 4) is 0 Å². The summed E-state index contributed by atoms with van der Waals surface area (Å²) in [6, 6.07) is 2.15. The normalized spacial score (nSPS) is 19.9. The molecule has 1 fully saturated rings. The highest BCUT2D eigenvalue weighted by Gasteiger charge is 2.12. The summed E-state index contributed by atoms with van der Waals surface area (Å²) in [6.07, 6.45) is 0. The van der Waals surface area contributed by atoms with E-state index in [1.165, 1.54) is 5.69 Å². The zero-order chi connectivity index (χ0) is 13.7. The molecular formula is C14H27N5. The van der Waals surface area contributed by atoms with Crippen molar-refractivity contribution in [2.75, 3.05) is 45.8 Å². The first kappa shape index (κ1) is 14.5. The van der Waals surface area contributed by atoms with Crippen LogP contribution in [0.3, 0.4) is 0 Å². The summed E-state index contributed by atoms with van der Waals surface area (Å²) < 4.78 is 2.11. The molecule has 1 saturated heterocycles. The van der Waals surface area contributed by atoms with Gasteiger partial charge in [0.1, 0.15) is 0 Å². The second-order valence-electron chi connectivity index (χ2n) is 5.37. The van der Waals surface area contributed by atoms with Crippen molar-refractivity contribution in [1.29, 1.82) is 0 Å². The van der Waals surface area contributed by atoms with Crippen molar-refractivity contribution in [1.82, 2.24) is 24.9 Å². The fourth-order valence-corrected chi connectivity index (χ4v) is 2.57. The third kappa shape index (κ3) is 4.30. The van der Waals surface area contributed by atoms with E-state index < -0.39 is 0 Å². The third-order valence-corrected chi connectivity index (χ3v) is 3.83. The SMILES string of the molecule is CCN1CCNCCN(Cn2nc(C)cc2C)CC1. The van der Waals surface area contributed by atoms with E-state index in [9.17, 15) is 0 Å². The van der Waals surface area contributed by atoms with Gasteiger partial charge in [-0.3, -0.25) is 9.58 Å². The molecule has 1 aliphatic heterocycles. The molecule has 19 heavy (non-hydrogen) atoms. The molecular weight excluding hydrogens is 238 g/mol. The number of nitrogens with zero attached hydrogens (tertiary/aromatic N) is 4. The van der Waals surface area contributed by atoms with Crippen molar-refractivity contribution >= 4 is 0 Å². The minimum absolute atomic E-state index is 0.902. The van der Waals surface area contributed by atoms with Crippen molar-refractivity contribution in [2.45, 2.75) is 27.4 Å². The maximum absolute atomic E-state index is 4.56. The lowest BCUT2D eigenvalue weighted by atomic mass is 10.4. The fourth-order valence-electron chi connectivity index (χ4n) is 2.57. The summed E-state index contributed by atoms with van der Waals surface area (Å²) in [7, 11) is 0. The lowest BCUT2D eigenvalue weighted by Crippen LogP contribution is -2.37. The summed E-state index contributed by atoms with van der Waals surface area (Å²) in [5.41, 5.74) is 2.35. The molecule has 0 aliphatic carbocycles. The average molecular weight is 265 g/mol. The van der Waals surface area contributed by atoms with Gasteiger partial charge in [-0.25, -0.2) is 0 Å². The molecule has 0 saturated carbocycles. The van der Waals surface area contributed by atoms with E-state index in [0.29, 0.717) is 0 Å². The molecule has 2 heterocycles. The maximum Gasteiger partial charge on any atom is 0.0932 e. The van der Waals surface area contributed by atoms with Gasteiger partial charge in [0.05, 0.1) is 12.4 Å². The molecule has 0 unspecified atom stereocenters. The Kier molecular flexibility index (Phi) is 5.36. The van der Waals surface area contributed by atoms with Crippen LogP contribution >= 0.6 is 0 Å². The number of aromatic nitrogens is 2. The molecule has 0 spiro atoms. The maximum atomic E-state index is 4.56. The Morgan fingerprint density at radius 1 is 1.11 bits per heavy atom. The minimum atomic E-state index is 0.902. The van der Waals surface area contributed by atoms with Crippen LogP contribution in [-0.4, -0.2) is 65.4 Å². The predicted octanol–water partition coefficient (Wildman–Crippen LogP) is 0.685. The average Bonchev–Trinajstić information content (AvgIpc) is 2.75. The van der Waals surface area contributed by atoms with Gasteiger partial charge < -0.3 is 10.2 Å². The highest BCUT2D eigenvalue weighted by Crippen LogP contribution is 2.04. The Morgan fingerprint density at radius 3 is 2.42 bits per heavy atom. The van der Waals surface area contributed by atoms with Gasteiger partial charge in [-0.2, -0.15) is 5.10 Å². The number of hydrogen-bond acceptors (Lipinski definition) is 4. The number of likely N-dealkylation sites (N-methyl/N-ethyl adjacent to an activating group) is 1. The first-order valence-corrected chi connectivity index (χ1v) is 7.35. The highest BCUT2D eigenvalue weighted by molar-refractivity contribution is 5.06. The van der Waals surface area contributed by atoms with E-state index in [1.807, 2.05) is 0 Å². The van der Waals surface area contributed by atoms with E-state index in [1.54, 1.807) is 0 Å². The van der Waals surface area contributed by atoms with Crippen molar-refractivity contribution in [3.63, 3.8) is 0 Å². The Balaban J connectivity index is 1.95. The number of nitrogens with one attached hydrogen (secondary N) is 1. The van der Waals surface area contributed by atoms with E-state index >= 15 is 0 Å². The van der Waals surface area contributed by atoms with Crippen LogP contribution < -0.4 is 5.32 Å². The van der Waals surface area contributed by atoms with Gasteiger partial charge >= 0.3 is 0 Å². The summed E-state index contributed by atoms with van der Waals surface area (Å²) >= 11 is 0. The Hall–Kier alpha value is -0.910. The van der Waals surface area contributed by atoms with Gasteiger partial charge in [-0.15, -0.1) is 0 Å². The minimum Gasteiger partial charge on any atom is -0.314 e. The van der Waals surface area contributed by atoms with Crippen LogP contribution in [0, 0.1) is 13.8 Å². The lowest BCUT2D eigenvalue weighted by molar-refractivity contribution is 0.181. The number of rotatable bonds is 3. The largest absolute Gasteiger partial charge is 0.314 e. The van der Waals surface area contributed by atoms with Crippen molar-refractivity contribution < 1.29 is 0 Å². The topological polar surface area (TPSA) is 36.3 Å².